The van der Waals surface area contributed by atoms with Gasteiger partial charge in [0.25, 0.3) is 0 Å². The molecule has 2 rings (SSSR count). The van der Waals surface area contributed by atoms with Gasteiger partial charge in [0, 0.05) is 0 Å². The van der Waals surface area contributed by atoms with E-state index in [0.717, 1.165) is 18.8 Å². The monoisotopic (exact) mass is 175 g/mol. The molecule has 11 heavy (non-hydrogen) atoms. The van der Waals surface area contributed by atoms with E-state index in [4.69, 9.17) is 4.74 Å². The van der Waals surface area contributed by atoms with Gasteiger partial charge in [-0.1, -0.05) is 18.2 Å². The van der Waals surface area contributed by atoms with Crippen LogP contribution in [0, 0.1) is 0 Å². The molecule has 2 heteroatoms. The van der Waals surface area contributed by atoms with Crippen LogP contribution in [-0.4, -0.2) is 58.0 Å². The van der Waals surface area contributed by atoms with Crippen LogP contribution in [0.5, 0.6) is 5.75 Å². The molecule has 1 nitrogen and oxygen atoms in total. The number of benzene rings is 1. The third-order valence-corrected chi connectivity index (χ3v) is 1.82. The van der Waals surface area contributed by atoms with Crippen molar-refractivity contribution < 1.29 is 6.16 Å². The summed E-state index contributed by atoms with van der Waals surface area (Å²) >= 11 is 0. The van der Waals surface area contributed by atoms with Crippen LogP contribution in [0.15, 0.2) is 24.3 Å². The Labute approximate surface area is 111 Å². The van der Waals surface area contributed by atoms with Crippen LogP contribution in [0.3, 0.4) is 0 Å². The van der Waals surface area contributed by atoms with Gasteiger partial charge in [0.05, 0.1) is 6.61 Å². The molecule has 0 aromatic heterocycles. The van der Waals surface area contributed by atoms with Crippen LogP contribution in [0.2, 0.25) is 0 Å². The zero-order valence-corrected chi connectivity index (χ0v) is 5.84. The Bertz CT molecular complexity index is 215. The van der Waals surface area contributed by atoms with Gasteiger partial charge in [0.2, 0.25) is 0 Å². The fraction of sp³-hybridized carbons (Fsp3) is 0.333. The summed E-state index contributed by atoms with van der Waals surface area (Å²) in [5.41, 5.74) is 1.36. The zero-order valence-electron chi connectivity index (χ0n) is 6.84. The van der Waals surface area contributed by atoms with Crippen molar-refractivity contribution in [2.45, 2.75) is 12.8 Å². The van der Waals surface area contributed by atoms with Crippen molar-refractivity contribution in [3.05, 3.63) is 29.8 Å². The van der Waals surface area contributed by atoms with Crippen LogP contribution >= 0.6 is 0 Å². The molecule has 1 aliphatic rings. The molecule has 0 spiro atoms. The molecule has 0 saturated heterocycles. The van der Waals surface area contributed by atoms with E-state index in [1.54, 1.807) is 0 Å². The van der Waals surface area contributed by atoms with E-state index in [1.165, 1.54) is 12.0 Å². The predicted molar refractivity (Wildman–Crippen MR) is 48.5 cm³/mol. The Morgan fingerprint density at radius 1 is 1.27 bits per heavy atom. The molecule has 0 saturated carbocycles. The Morgan fingerprint density at radius 2 is 2.09 bits per heavy atom. The SMILES string of the molecule is [H+].[KH].c1ccc2c(c1)CCCO2. The number of hydrogen-bond donors (Lipinski definition) is 0. The first-order chi connectivity index (χ1) is 4.97. The molecule has 1 heterocycles. The number of hydrogen-bond acceptors (Lipinski definition) is 1. The van der Waals surface area contributed by atoms with Crippen LogP contribution in [-0.2, 0) is 6.42 Å². The average Bonchev–Trinajstić information content (AvgIpc) is 2.05. The molecule has 0 radical (unpaired) electrons. The first-order valence-electron chi connectivity index (χ1n) is 3.67. The van der Waals surface area contributed by atoms with Crippen molar-refractivity contribution in [3.63, 3.8) is 0 Å². The van der Waals surface area contributed by atoms with Gasteiger partial charge in [-0.2, -0.15) is 0 Å². The molecule has 54 valence electrons. The largest absolute Gasteiger partial charge is 0.493 e. The third-order valence-electron chi connectivity index (χ3n) is 1.82. The molecule has 0 aliphatic carbocycles. The molecule has 0 N–H and O–H groups in total. The van der Waals surface area contributed by atoms with Crippen LogP contribution in [0.1, 0.15) is 13.4 Å². The third kappa shape index (κ3) is 2.29. The molecule has 1 aromatic carbocycles. The molecule has 0 bridgehead atoms. The molecule has 0 unspecified atom stereocenters. The molecule has 1 aromatic rings. The van der Waals surface area contributed by atoms with Crippen molar-refractivity contribution in [2.24, 2.45) is 0 Å². The number of aryl methyl sites for hydroxylation is 1. The van der Waals surface area contributed by atoms with E-state index in [-0.39, 0.29) is 52.8 Å². The second kappa shape index (κ2) is 4.63. The first kappa shape index (κ1) is 9.74. The molecule has 0 atom stereocenters. The Kier molecular flexibility index (Phi) is 4.10. The standard InChI is InChI=1S/C9H10O.K.H/c1-2-6-9-8(4-1)5-3-7-10-9;;/h1-2,4,6H,3,5,7H2;;/p+1. The number of para-hydroxylation sites is 1. The average molecular weight is 175 g/mol. The van der Waals surface area contributed by atoms with Crippen molar-refractivity contribution in [2.75, 3.05) is 6.61 Å². The summed E-state index contributed by atoms with van der Waals surface area (Å²) in [5.74, 6) is 1.08. The van der Waals surface area contributed by atoms with Gasteiger partial charge in [-0.25, -0.2) is 0 Å². The normalized spacial score (nSPS) is 14.2. The van der Waals surface area contributed by atoms with E-state index in [0.29, 0.717) is 0 Å². The van der Waals surface area contributed by atoms with E-state index in [9.17, 15) is 0 Å². The van der Waals surface area contributed by atoms with E-state index in [2.05, 4.69) is 12.1 Å². The van der Waals surface area contributed by atoms with Crippen LogP contribution in [0.25, 0.3) is 0 Å². The van der Waals surface area contributed by atoms with Gasteiger partial charge in [-0.3, -0.25) is 0 Å². The fourth-order valence-electron chi connectivity index (χ4n) is 1.30. The van der Waals surface area contributed by atoms with Crippen molar-refractivity contribution >= 4 is 51.4 Å². The summed E-state index contributed by atoms with van der Waals surface area (Å²) in [7, 11) is 0. The van der Waals surface area contributed by atoms with Gasteiger partial charge in [-0.05, 0) is 24.5 Å². The van der Waals surface area contributed by atoms with Crippen LogP contribution < -0.4 is 4.74 Å². The summed E-state index contributed by atoms with van der Waals surface area (Å²) in [6.45, 7) is 0.886. The summed E-state index contributed by atoms with van der Waals surface area (Å²) < 4.78 is 5.42. The Morgan fingerprint density at radius 3 is 2.91 bits per heavy atom. The first-order valence-corrected chi connectivity index (χ1v) is 3.67. The fourth-order valence-corrected chi connectivity index (χ4v) is 1.30. The van der Waals surface area contributed by atoms with Gasteiger partial charge in [0.15, 0.2) is 0 Å². The minimum absolute atomic E-state index is 0. The minimum Gasteiger partial charge on any atom is -0.493 e. The quantitative estimate of drug-likeness (QED) is 0.543. The van der Waals surface area contributed by atoms with Gasteiger partial charge < -0.3 is 4.74 Å². The summed E-state index contributed by atoms with van der Waals surface area (Å²) in [5, 5.41) is 0. The number of rotatable bonds is 0. The second-order valence-electron chi connectivity index (χ2n) is 2.56. The number of ether oxygens (including phenoxy) is 1. The zero-order chi connectivity index (χ0) is 6.81. The summed E-state index contributed by atoms with van der Waals surface area (Å²) in [4.78, 5) is 0. The smallest absolute Gasteiger partial charge is 0.122 e. The van der Waals surface area contributed by atoms with E-state index >= 15 is 0 Å². The van der Waals surface area contributed by atoms with Crippen molar-refractivity contribution in [1.82, 2.24) is 0 Å². The molecular formula is C9H12KO+. The topological polar surface area (TPSA) is 9.23 Å². The van der Waals surface area contributed by atoms with Crippen molar-refractivity contribution in [1.29, 1.82) is 0 Å². The second-order valence-corrected chi connectivity index (χ2v) is 2.56. The Balaban J connectivity index is 0.000000605. The molecular weight excluding hydrogens is 163 g/mol. The minimum atomic E-state index is 0. The maximum absolute atomic E-state index is 5.42. The molecule has 0 amide bonds. The van der Waals surface area contributed by atoms with Crippen LogP contribution in [0.4, 0.5) is 0 Å². The van der Waals surface area contributed by atoms with Gasteiger partial charge >= 0.3 is 52.8 Å². The maximum Gasteiger partial charge on any atom is 0.122 e. The van der Waals surface area contributed by atoms with Gasteiger partial charge in [-0.15, -0.1) is 0 Å². The van der Waals surface area contributed by atoms with Gasteiger partial charge in [0.1, 0.15) is 5.75 Å². The summed E-state index contributed by atoms with van der Waals surface area (Å²) in [6.07, 6.45) is 2.34. The van der Waals surface area contributed by atoms with E-state index < -0.39 is 0 Å². The predicted octanol–water partition coefficient (Wildman–Crippen LogP) is 1.48. The number of fused-ring (bicyclic) bond motifs is 1. The maximum atomic E-state index is 5.42. The van der Waals surface area contributed by atoms with E-state index in [1.807, 2.05) is 12.1 Å². The van der Waals surface area contributed by atoms with Crippen molar-refractivity contribution in [3.8, 4) is 5.75 Å². The molecule has 1 aliphatic heterocycles. The Hall–Kier alpha value is 0.656. The summed E-state index contributed by atoms with van der Waals surface area (Å²) in [6, 6.07) is 8.25. The molecule has 0 fully saturated rings.